The van der Waals surface area contributed by atoms with Crippen LogP contribution in [0.25, 0.3) is 23.0 Å². The number of fused-ring (bicyclic) bond motifs is 1. The SMILES string of the molecule is Cn1nc(-c2nnc(-c3ccccc3)o2)c2c1CCN(S(=O)(=O)c1ccccc1F)C2. The molecule has 8 nitrogen and oxygen atoms in total. The first-order valence-corrected chi connectivity index (χ1v) is 11.1. The summed E-state index contributed by atoms with van der Waals surface area (Å²) in [6.07, 6.45) is 0.437. The number of aromatic nitrogens is 4. The van der Waals surface area contributed by atoms with Crippen molar-refractivity contribution in [3.05, 3.63) is 71.7 Å². The molecule has 0 unspecified atom stereocenters. The molecule has 1 aliphatic rings. The normalized spacial score (nSPS) is 14.5. The third kappa shape index (κ3) is 3.33. The van der Waals surface area contributed by atoms with Gasteiger partial charge >= 0.3 is 0 Å². The standard InChI is InChI=1S/C21H18FN5O3S/c1-26-17-11-12-27(31(28,29)18-10-6-5-9-16(18)22)13-15(17)19(25-26)21-24-23-20(30-21)14-7-3-2-4-8-14/h2-10H,11-13H2,1H3. The van der Waals surface area contributed by atoms with Crippen LogP contribution >= 0.6 is 0 Å². The lowest BCUT2D eigenvalue weighted by atomic mass is 10.1. The minimum atomic E-state index is -4.01. The molecule has 0 saturated carbocycles. The van der Waals surface area contributed by atoms with Crippen LogP contribution in [0.15, 0.2) is 63.9 Å². The van der Waals surface area contributed by atoms with Gasteiger partial charge in [0.25, 0.3) is 5.89 Å². The van der Waals surface area contributed by atoms with Crippen molar-refractivity contribution in [1.29, 1.82) is 0 Å². The van der Waals surface area contributed by atoms with Crippen LogP contribution in [0.1, 0.15) is 11.3 Å². The molecule has 3 heterocycles. The molecule has 2 aromatic heterocycles. The van der Waals surface area contributed by atoms with E-state index in [0.717, 1.165) is 17.3 Å². The highest BCUT2D eigenvalue weighted by molar-refractivity contribution is 7.89. The molecular weight excluding hydrogens is 421 g/mol. The maximum absolute atomic E-state index is 14.2. The Morgan fingerprint density at radius 1 is 1.00 bits per heavy atom. The third-order valence-corrected chi connectivity index (χ3v) is 7.19. The van der Waals surface area contributed by atoms with E-state index >= 15 is 0 Å². The van der Waals surface area contributed by atoms with Gasteiger partial charge in [0.15, 0.2) is 5.69 Å². The highest BCUT2D eigenvalue weighted by Gasteiger charge is 2.34. The molecule has 0 amide bonds. The maximum Gasteiger partial charge on any atom is 0.268 e. The van der Waals surface area contributed by atoms with Crippen LogP contribution in [-0.4, -0.2) is 39.2 Å². The Hall–Kier alpha value is -3.37. The van der Waals surface area contributed by atoms with Gasteiger partial charge in [-0.05, 0) is 24.3 Å². The van der Waals surface area contributed by atoms with Crippen LogP contribution in [-0.2, 0) is 30.0 Å². The molecule has 0 atom stereocenters. The number of rotatable bonds is 4. The number of hydrogen-bond donors (Lipinski definition) is 0. The quantitative estimate of drug-likeness (QED) is 0.485. The summed E-state index contributed by atoms with van der Waals surface area (Å²) in [4.78, 5) is -0.340. The van der Waals surface area contributed by atoms with Gasteiger partial charge in [-0.2, -0.15) is 9.40 Å². The van der Waals surface area contributed by atoms with Crippen LogP contribution in [0.2, 0.25) is 0 Å². The largest absolute Gasteiger partial charge is 0.415 e. The lowest BCUT2D eigenvalue weighted by Crippen LogP contribution is -2.36. The van der Waals surface area contributed by atoms with E-state index in [1.165, 1.54) is 22.5 Å². The summed E-state index contributed by atoms with van der Waals surface area (Å²) < 4.78 is 49.1. The van der Waals surface area contributed by atoms with E-state index in [1.807, 2.05) is 30.3 Å². The second kappa shape index (κ2) is 7.40. The second-order valence-electron chi connectivity index (χ2n) is 7.19. The molecule has 5 rings (SSSR count). The molecule has 0 fully saturated rings. The van der Waals surface area contributed by atoms with E-state index in [9.17, 15) is 12.8 Å². The molecule has 10 heteroatoms. The van der Waals surface area contributed by atoms with E-state index < -0.39 is 15.8 Å². The van der Waals surface area contributed by atoms with Crippen molar-refractivity contribution < 1.29 is 17.2 Å². The summed E-state index contributed by atoms with van der Waals surface area (Å²) in [5, 5.41) is 12.7. The van der Waals surface area contributed by atoms with Crippen LogP contribution < -0.4 is 0 Å². The van der Waals surface area contributed by atoms with Gasteiger partial charge in [0.2, 0.25) is 15.9 Å². The first kappa shape index (κ1) is 19.6. The first-order chi connectivity index (χ1) is 14.9. The molecule has 0 bridgehead atoms. The fourth-order valence-corrected chi connectivity index (χ4v) is 5.23. The molecule has 0 spiro atoms. The Labute approximate surface area is 178 Å². The van der Waals surface area contributed by atoms with E-state index in [4.69, 9.17) is 4.42 Å². The third-order valence-electron chi connectivity index (χ3n) is 5.31. The maximum atomic E-state index is 14.2. The second-order valence-corrected chi connectivity index (χ2v) is 9.10. The summed E-state index contributed by atoms with van der Waals surface area (Å²) in [6, 6.07) is 14.7. The zero-order valence-corrected chi connectivity index (χ0v) is 17.4. The molecule has 0 aliphatic carbocycles. The molecule has 158 valence electrons. The van der Waals surface area contributed by atoms with Gasteiger partial charge in [-0.1, -0.05) is 30.3 Å². The summed E-state index contributed by atoms with van der Waals surface area (Å²) >= 11 is 0. The van der Waals surface area contributed by atoms with Crippen molar-refractivity contribution in [2.45, 2.75) is 17.9 Å². The van der Waals surface area contributed by atoms with Crippen molar-refractivity contribution in [2.75, 3.05) is 6.54 Å². The monoisotopic (exact) mass is 439 g/mol. The van der Waals surface area contributed by atoms with Crippen molar-refractivity contribution >= 4 is 10.0 Å². The van der Waals surface area contributed by atoms with Gasteiger partial charge in [0, 0.05) is 43.4 Å². The van der Waals surface area contributed by atoms with Crippen LogP contribution in [0.5, 0.6) is 0 Å². The number of sulfonamides is 1. The number of benzene rings is 2. The van der Waals surface area contributed by atoms with E-state index in [1.54, 1.807) is 11.7 Å². The lowest BCUT2D eigenvalue weighted by molar-refractivity contribution is 0.383. The Bertz CT molecular complexity index is 1360. The molecule has 1 aliphatic heterocycles. The molecule has 0 radical (unpaired) electrons. The zero-order chi connectivity index (χ0) is 21.6. The highest BCUT2D eigenvalue weighted by Crippen LogP contribution is 2.33. The van der Waals surface area contributed by atoms with E-state index in [0.29, 0.717) is 23.6 Å². The minimum Gasteiger partial charge on any atom is -0.415 e. The molecular formula is C21H18FN5O3S. The summed E-state index contributed by atoms with van der Waals surface area (Å²) in [5.41, 5.74) is 2.77. The Balaban J connectivity index is 1.52. The fourth-order valence-electron chi connectivity index (χ4n) is 3.75. The predicted molar refractivity (Wildman–Crippen MR) is 110 cm³/mol. The molecule has 4 aromatic rings. The number of nitrogens with zero attached hydrogens (tertiary/aromatic N) is 5. The number of halogens is 1. The van der Waals surface area contributed by atoms with E-state index in [-0.39, 0.29) is 23.9 Å². The van der Waals surface area contributed by atoms with Crippen molar-refractivity contribution in [2.24, 2.45) is 7.05 Å². The van der Waals surface area contributed by atoms with Gasteiger partial charge < -0.3 is 4.42 Å². The molecule has 0 saturated heterocycles. The minimum absolute atomic E-state index is 0.0399. The van der Waals surface area contributed by atoms with Gasteiger partial charge in [0.05, 0.1) is 0 Å². The summed E-state index contributed by atoms with van der Waals surface area (Å²) in [5.74, 6) is -0.216. The van der Waals surface area contributed by atoms with Crippen molar-refractivity contribution in [3.8, 4) is 23.0 Å². The van der Waals surface area contributed by atoms with Gasteiger partial charge in [-0.3, -0.25) is 4.68 Å². The lowest BCUT2D eigenvalue weighted by Gasteiger charge is -2.26. The average molecular weight is 439 g/mol. The van der Waals surface area contributed by atoms with Crippen molar-refractivity contribution in [1.82, 2.24) is 24.3 Å². The summed E-state index contributed by atoms with van der Waals surface area (Å²) in [6.45, 7) is 0.264. The highest BCUT2D eigenvalue weighted by atomic mass is 32.2. The summed E-state index contributed by atoms with van der Waals surface area (Å²) in [7, 11) is -2.22. The molecule has 0 N–H and O–H groups in total. The van der Waals surface area contributed by atoms with Crippen LogP contribution in [0.3, 0.4) is 0 Å². The Morgan fingerprint density at radius 2 is 1.71 bits per heavy atom. The smallest absolute Gasteiger partial charge is 0.268 e. The van der Waals surface area contributed by atoms with Crippen LogP contribution in [0.4, 0.5) is 4.39 Å². The van der Waals surface area contributed by atoms with Gasteiger partial charge in [0.1, 0.15) is 10.7 Å². The topological polar surface area (TPSA) is 94.1 Å². The zero-order valence-electron chi connectivity index (χ0n) is 16.6. The Morgan fingerprint density at radius 3 is 2.48 bits per heavy atom. The molecule has 31 heavy (non-hydrogen) atoms. The van der Waals surface area contributed by atoms with Crippen LogP contribution in [0, 0.1) is 5.82 Å². The fraction of sp³-hybridized carbons (Fsp3) is 0.190. The van der Waals surface area contributed by atoms with Gasteiger partial charge in [-0.15, -0.1) is 10.2 Å². The van der Waals surface area contributed by atoms with Crippen molar-refractivity contribution in [3.63, 3.8) is 0 Å². The van der Waals surface area contributed by atoms with Gasteiger partial charge in [-0.25, -0.2) is 12.8 Å². The first-order valence-electron chi connectivity index (χ1n) is 9.64. The number of hydrogen-bond acceptors (Lipinski definition) is 6. The predicted octanol–water partition coefficient (Wildman–Crippen LogP) is 3.02. The molecule has 2 aromatic carbocycles. The Kier molecular flexibility index (Phi) is 4.67. The number of aryl methyl sites for hydroxylation is 1. The van der Waals surface area contributed by atoms with E-state index in [2.05, 4.69) is 15.3 Å². The average Bonchev–Trinajstić information content (AvgIpc) is 3.39.